The number of methoxy groups -OCH3 is 1. The van der Waals surface area contributed by atoms with Crippen LogP contribution < -0.4 is 10.5 Å². The van der Waals surface area contributed by atoms with Crippen molar-refractivity contribution in [3.63, 3.8) is 0 Å². The maximum atomic E-state index is 12.1. The molecule has 0 radical (unpaired) electrons. The molecule has 0 aromatic heterocycles. The molecule has 1 aliphatic rings. The van der Waals surface area contributed by atoms with E-state index in [9.17, 15) is 4.79 Å². The van der Waals surface area contributed by atoms with Gasteiger partial charge in [0.2, 0.25) is 5.91 Å². The molecule has 1 aromatic rings. The van der Waals surface area contributed by atoms with Crippen LogP contribution in [-0.2, 0) is 4.79 Å². The van der Waals surface area contributed by atoms with Gasteiger partial charge in [0.25, 0.3) is 0 Å². The summed E-state index contributed by atoms with van der Waals surface area (Å²) in [4.78, 5) is 14.0. The maximum Gasteiger partial charge on any atom is 0.226 e. The molecule has 2 atom stereocenters. The van der Waals surface area contributed by atoms with E-state index in [4.69, 9.17) is 10.5 Å². The average Bonchev–Trinajstić information content (AvgIpc) is 2.95. The molecule has 2 unspecified atom stereocenters. The molecule has 1 heterocycles. The number of carbonyl (C=O) groups is 1. The zero-order chi connectivity index (χ0) is 13.8. The third-order valence-corrected chi connectivity index (χ3v) is 3.86. The minimum Gasteiger partial charge on any atom is -0.497 e. The summed E-state index contributed by atoms with van der Waals surface area (Å²) < 4.78 is 5.16. The van der Waals surface area contributed by atoms with E-state index in [0.29, 0.717) is 12.5 Å². The highest BCUT2D eigenvalue weighted by Gasteiger charge is 2.29. The molecule has 1 saturated heterocycles. The Labute approximate surface area is 126 Å². The third kappa shape index (κ3) is 3.64. The first-order valence-corrected chi connectivity index (χ1v) is 6.78. The van der Waals surface area contributed by atoms with Crippen molar-refractivity contribution in [2.75, 3.05) is 26.7 Å². The molecule has 5 heteroatoms. The summed E-state index contributed by atoms with van der Waals surface area (Å²) in [6, 6.07) is 8.12. The predicted molar refractivity (Wildman–Crippen MR) is 82.4 cm³/mol. The van der Waals surface area contributed by atoms with Crippen molar-refractivity contribution in [2.24, 2.45) is 11.7 Å². The van der Waals surface area contributed by atoms with Crippen molar-refractivity contribution in [1.82, 2.24) is 4.90 Å². The number of halogens is 1. The number of rotatable bonds is 4. The van der Waals surface area contributed by atoms with E-state index in [2.05, 4.69) is 12.1 Å². The van der Waals surface area contributed by atoms with E-state index in [0.717, 1.165) is 25.3 Å². The van der Waals surface area contributed by atoms with Gasteiger partial charge in [-0.3, -0.25) is 4.79 Å². The number of carbonyl (C=O) groups excluding carboxylic acids is 1. The SMILES string of the molecule is COc1ccc(C2CCN(C(=O)C(C)CN)C2)cc1.Cl. The Balaban J connectivity index is 0.00000200. The van der Waals surface area contributed by atoms with Crippen LogP contribution in [0.4, 0.5) is 0 Å². The Morgan fingerprint density at radius 1 is 1.45 bits per heavy atom. The number of amides is 1. The molecule has 1 amide bonds. The molecule has 2 rings (SSSR count). The highest BCUT2D eigenvalue weighted by Crippen LogP contribution is 2.29. The Hall–Kier alpha value is -1.26. The van der Waals surface area contributed by atoms with Gasteiger partial charge < -0.3 is 15.4 Å². The van der Waals surface area contributed by atoms with Crippen LogP contribution in [0.1, 0.15) is 24.8 Å². The maximum absolute atomic E-state index is 12.1. The second-order valence-electron chi connectivity index (χ2n) is 5.18. The number of hydrogen-bond donors (Lipinski definition) is 1. The number of nitrogens with zero attached hydrogens (tertiary/aromatic N) is 1. The van der Waals surface area contributed by atoms with Crippen LogP contribution >= 0.6 is 12.4 Å². The van der Waals surface area contributed by atoms with Gasteiger partial charge in [-0.05, 0) is 24.1 Å². The van der Waals surface area contributed by atoms with E-state index in [1.54, 1.807) is 7.11 Å². The molecular formula is C15H23ClN2O2. The summed E-state index contributed by atoms with van der Waals surface area (Å²) in [6.45, 7) is 3.95. The fourth-order valence-corrected chi connectivity index (χ4v) is 2.52. The zero-order valence-corrected chi connectivity index (χ0v) is 12.9. The molecule has 0 saturated carbocycles. The lowest BCUT2D eigenvalue weighted by molar-refractivity contribution is -0.133. The van der Waals surface area contributed by atoms with Gasteiger partial charge in [-0.1, -0.05) is 19.1 Å². The smallest absolute Gasteiger partial charge is 0.226 e. The van der Waals surface area contributed by atoms with Gasteiger partial charge >= 0.3 is 0 Å². The molecule has 20 heavy (non-hydrogen) atoms. The molecule has 4 nitrogen and oxygen atoms in total. The van der Waals surface area contributed by atoms with Gasteiger partial charge in [-0.2, -0.15) is 0 Å². The van der Waals surface area contributed by atoms with Crippen LogP contribution in [0.25, 0.3) is 0 Å². The van der Waals surface area contributed by atoms with Crippen molar-refractivity contribution < 1.29 is 9.53 Å². The second-order valence-corrected chi connectivity index (χ2v) is 5.18. The standard InChI is InChI=1S/C15H22N2O2.ClH/c1-11(9-16)15(18)17-8-7-13(10-17)12-3-5-14(19-2)6-4-12;/h3-6,11,13H,7-10,16H2,1-2H3;1H. The first kappa shape index (κ1) is 16.8. The Kier molecular flexibility index (Phi) is 6.30. The number of ether oxygens (including phenoxy) is 1. The summed E-state index contributed by atoms with van der Waals surface area (Å²) in [6.07, 6.45) is 1.02. The fraction of sp³-hybridized carbons (Fsp3) is 0.533. The lowest BCUT2D eigenvalue weighted by atomic mass is 9.98. The first-order valence-electron chi connectivity index (χ1n) is 6.78. The van der Waals surface area contributed by atoms with E-state index >= 15 is 0 Å². The lowest BCUT2D eigenvalue weighted by Gasteiger charge is -2.20. The monoisotopic (exact) mass is 298 g/mol. The molecule has 1 aliphatic heterocycles. The summed E-state index contributed by atoms with van der Waals surface area (Å²) in [7, 11) is 1.67. The van der Waals surface area contributed by atoms with Gasteiger partial charge in [0, 0.05) is 31.5 Å². The Morgan fingerprint density at radius 2 is 2.10 bits per heavy atom. The normalized spacial score (nSPS) is 19.4. The van der Waals surface area contributed by atoms with Crippen molar-refractivity contribution in [3.05, 3.63) is 29.8 Å². The van der Waals surface area contributed by atoms with Crippen LogP contribution in [0.2, 0.25) is 0 Å². The van der Waals surface area contributed by atoms with Crippen LogP contribution in [0.15, 0.2) is 24.3 Å². The van der Waals surface area contributed by atoms with Gasteiger partial charge in [-0.15, -0.1) is 12.4 Å². The largest absolute Gasteiger partial charge is 0.497 e. The van der Waals surface area contributed by atoms with Crippen molar-refractivity contribution >= 4 is 18.3 Å². The summed E-state index contributed by atoms with van der Waals surface area (Å²) in [5, 5.41) is 0. The topological polar surface area (TPSA) is 55.6 Å². The van der Waals surface area contributed by atoms with Crippen LogP contribution in [-0.4, -0.2) is 37.6 Å². The number of nitrogens with two attached hydrogens (primary N) is 1. The number of benzene rings is 1. The summed E-state index contributed by atoms with van der Waals surface area (Å²) in [5.74, 6) is 1.40. The minimum atomic E-state index is -0.0744. The Morgan fingerprint density at radius 3 is 2.65 bits per heavy atom. The van der Waals surface area contributed by atoms with Gasteiger partial charge in [-0.25, -0.2) is 0 Å². The molecule has 1 fully saturated rings. The van der Waals surface area contributed by atoms with E-state index in [1.807, 2.05) is 24.0 Å². The highest BCUT2D eigenvalue weighted by molar-refractivity contribution is 5.85. The number of hydrogen-bond acceptors (Lipinski definition) is 3. The van der Waals surface area contributed by atoms with Crippen LogP contribution in [0, 0.1) is 5.92 Å². The van der Waals surface area contributed by atoms with Crippen LogP contribution in [0.3, 0.4) is 0 Å². The molecule has 2 N–H and O–H groups in total. The van der Waals surface area contributed by atoms with E-state index in [-0.39, 0.29) is 24.2 Å². The lowest BCUT2D eigenvalue weighted by Crippen LogP contribution is -2.36. The van der Waals surface area contributed by atoms with Gasteiger partial charge in [0.05, 0.1) is 7.11 Å². The second kappa shape index (κ2) is 7.50. The van der Waals surface area contributed by atoms with Gasteiger partial charge in [0.15, 0.2) is 0 Å². The van der Waals surface area contributed by atoms with E-state index in [1.165, 1.54) is 5.56 Å². The van der Waals surface area contributed by atoms with E-state index < -0.39 is 0 Å². The van der Waals surface area contributed by atoms with Gasteiger partial charge in [0.1, 0.15) is 5.75 Å². The quantitative estimate of drug-likeness (QED) is 0.925. The molecule has 1 aromatic carbocycles. The number of likely N-dealkylation sites (tertiary alicyclic amines) is 1. The van der Waals surface area contributed by atoms with Crippen molar-refractivity contribution in [1.29, 1.82) is 0 Å². The Bertz CT molecular complexity index is 436. The van der Waals surface area contributed by atoms with Crippen LogP contribution in [0.5, 0.6) is 5.75 Å². The molecule has 0 bridgehead atoms. The first-order chi connectivity index (χ1) is 9.15. The zero-order valence-electron chi connectivity index (χ0n) is 12.0. The highest BCUT2D eigenvalue weighted by atomic mass is 35.5. The fourth-order valence-electron chi connectivity index (χ4n) is 2.52. The molecular weight excluding hydrogens is 276 g/mol. The average molecular weight is 299 g/mol. The molecule has 0 spiro atoms. The predicted octanol–water partition coefficient (Wildman–Crippen LogP) is 2.03. The van der Waals surface area contributed by atoms with Crippen molar-refractivity contribution in [2.45, 2.75) is 19.3 Å². The van der Waals surface area contributed by atoms with Crippen molar-refractivity contribution in [3.8, 4) is 5.75 Å². The molecule has 112 valence electrons. The molecule has 0 aliphatic carbocycles. The summed E-state index contributed by atoms with van der Waals surface area (Å²) in [5.41, 5.74) is 6.83. The third-order valence-electron chi connectivity index (χ3n) is 3.86. The minimum absolute atomic E-state index is 0. The summed E-state index contributed by atoms with van der Waals surface area (Å²) >= 11 is 0.